The average molecular weight is 515 g/mol. The molecule has 186 valence electrons. The zero-order valence-corrected chi connectivity index (χ0v) is 22.1. The molecule has 1 amide bonds. The van der Waals surface area contributed by atoms with E-state index in [1.54, 1.807) is 6.92 Å². The first-order valence-electron chi connectivity index (χ1n) is 11.8. The molecule has 0 unspecified atom stereocenters. The summed E-state index contributed by atoms with van der Waals surface area (Å²) in [5.74, 6) is 1.12. The number of thioether (sulfide) groups is 1. The van der Waals surface area contributed by atoms with E-state index in [-0.39, 0.29) is 17.6 Å². The first kappa shape index (κ1) is 25.2. The summed E-state index contributed by atoms with van der Waals surface area (Å²) in [5, 5.41) is 12.7. The summed E-state index contributed by atoms with van der Waals surface area (Å²) in [7, 11) is 0. The van der Waals surface area contributed by atoms with Crippen LogP contribution < -0.4 is 10.1 Å². The van der Waals surface area contributed by atoms with E-state index >= 15 is 0 Å². The second-order valence-corrected chi connectivity index (χ2v) is 10.4. The summed E-state index contributed by atoms with van der Waals surface area (Å²) in [6.07, 6.45) is 2.81. The largest absolute Gasteiger partial charge is 0.485 e. The molecule has 1 aromatic carbocycles. The number of nitrogens with zero attached hydrogens (tertiary/aromatic N) is 3. The monoisotopic (exact) mass is 514 g/mol. The molecule has 8 nitrogen and oxygen atoms in total. The first-order valence-corrected chi connectivity index (χ1v) is 13.6. The van der Waals surface area contributed by atoms with E-state index < -0.39 is 0 Å². The summed E-state index contributed by atoms with van der Waals surface area (Å²) in [5.41, 5.74) is 3.74. The van der Waals surface area contributed by atoms with Crippen LogP contribution in [0, 0.1) is 13.8 Å². The number of carbonyl (C=O) groups is 2. The topological polar surface area (TPSA) is 95.3 Å². The lowest BCUT2D eigenvalue weighted by Gasteiger charge is -2.11. The third-order valence-corrected chi connectivity index (χ3v) is 7.97. The highest BCUT2D eigenvalue weighted by Crippen LogP contribution is 2.39. The predicted octanol–water partition coefficient (Wildman–Crippen LogP) is 4.95. The number of aromatic nitrogens is 3. The van der Waals surface area contributed by atoms with Gasteiger partial charge in [0.2, 0.25) is 5.91 Å². The molecule has 3 aromatic rings. The number of fused-ring (bicyclic) bond motifs is 1. The van der Waals surface area contributed by atoms with Gasteiger partial charge in [0.1, 0.15) is 17.4 Å². The van der Waals surface area contributed by atoms with Crippen molar-refractivity contribution in [1.29, 1.82) is 0 Å². The summed E-state index contributed by atoms with van der Waals surface area (Å²) in [6.45, 7) is 9.08. The molecule has 0 bridgehead atoms. The second kappa shape index (κ2) is 11.3. The maximum absolute atomic E-state index is 12.8. The zero-order valence-electron chi connectivity index (χ0n) is 20.5. The van der Waals surface area contributed by atoms with Gasteiger partial charge >= 0.3 is 5.97 Å². The fourth-order valence-corrected chi connectivity index (χ4v) is 6.17. The van der Waals surface area contributed by atoms with Crippen LogP contribution in [-0.4, -0.2) is 39.0 Å². The van der Waals surface area contributed by atoms with Gasteiger partial charge in [-0.25, -0.2) is 4.79 Å². The maximum atomic E-state index is 12.8. The van der Waals surface area contributed by atoms with Gasteiger partial charge in [-0.3, -0.25) is 4.79 Å². The van der Waals surface area contributed by atoms with Crippen molar-refractivity contribution < 1.29 is 19.1 Å². The molecule has 2 aromatic heterocycles. The third kappa shape index (κ3) is 5.70. The summed E-state index contributed by atoms with van der Waals surface area (Å²) in [4.78, 5) is 26.5. The molecular formula is C25H30N4O4S2. The molecule has 35 heavy (non-hydrogen) atoms. The fraction of sp³-hybridized carbons (Fsp3) is 0.440. The number of ether oxygens (including phenoxy) is 2. The van der Waals surface area contributed by atoms with Crippen LogP contribution in [0.15, 0.2) is 23.4 Å². The molecule has 1 N–H and O–H groups in total. The van der Waals surface area contributed by atoms with Crippen molar-refractivity contribution >= 4 is 40.0 Å². The van der Waals surface area contributed by atoms with Crippen molar-refractivity contribution in [1.82, 2.24) is 14.8 Å². The van der Waals surface area contributed by atoms with Crippen molar-refractivity contribution in [2.24, 2.45) is 0 Å². The Morgan fingerprint density at radius 2 is 2.03 bits per heavy atom. The molecule has 10 heteroatoms. The van der Waals surface area contributed by atoms with Crippen LogP contribution in [0.25, 0.3) is 0 Å². The molecular weight excluding hydrogens is 484 g/mol. The highest BCUT2D eigenvalue weighted by Gasteiger charge is 2.28. The second-order valence-electron chi connectivity index (χ2n) is 8.32. The zero-order chi connectivity index (χ0) is 24.9. The average Bonchev–Trinajstić information content (AvgIpc) is 3.52. The number of rotatable bonds is 10. The molecule has 0 radical (unpaired) electrons. The Balaban J connectivity index is 1.40. The van der Waals surface area contributed by atoms with E-state index in [1.165, 1.54) is 23.1 Å². The van der Waals surface area contributed by atoms with Crippen LogP contribution in [0.4, 0.5) is 5.00 Å². The fourth-order valence-electron chi connectivity index (χ4n) is 4.06. The van der Waals surface area contributed by atoms with Gasteiger partial charge in [0.15, 0.2) is 11.0 Å². The molecule has 0 saturated carbocycles. The van der Waals surface area contributed by atoms with Crippen LogP contribution in [0.5, 0.6) is 5.75 Å². The lowest BCUT2D eigenvalue weighted by molar-refractivity contribution is -0.113. The van der Waals surface area contributed by atoms with Gasteiger partial charge in [0.25, 0.3) is 0 Å². The van der Waals surface area contributed by atoms with Crippen molar-refractivity contribution in [3.05, 3.63) is 51.2 Å². The van der Waals surface area contributed by atoms with Gasteiger partial charge < -0.3 is 19.4 Å². The van der Waals surface area contributed by atoms with Crippen molar-refractivity contribution in [2.75, 3.05) is 17.7 Å². The minimum atomic E-state index is -0.367. The van der Waals surface area contributed by atoms with Gasteiger partial charge in [-0.05, 0) is 69.7 Å². The summed E-state index contributed by atoms with van der Waals surface area (Å²) < 4.78 is 13.2. The number of hydrogen-bond donors (Lipinski definition) is 1. The molecule has 4 rings (SSSR count). The summed E-state index contributed by atoms with van der Waals surface area (Å²) in [6, 6.07) is 6.09. The van der Waals surface area contributed by atoms with Gasteiger partial charge in [-0.1, -0.05) is 23.9 Å². The van der Waals surface area contributed by atoms with Crippen molar-refractivity contribution in [3.8, 4) is 5.75 Å². The number of hydrogen-bond acceptors (Lipinski definition) is 8. The van der Waals surface area contributed by atoms with E-state index in [4.69, 9.17) is 9.47 Å². The predicted molar refractivity (Wildman–Crippen MR) is 138 cm³/mol. The van der Waals surface area contributed by atoms with Gasteiger partial charge in [0, 0.05) is 11.4 Å². The van der Waals surface area contributed by atoms with Crippen molar-refractivity contribution in [2.45, 2.75) is 65.3 Å². The van der Waals surface area contributed by atoms with E-state index in [9.17, 15) is 9.59 Å². The van der Waals surface area contributed by atoms with E-state index in [1.807, 2.05) is 37.5 Å². The standard InChI is InChI=1S/C25H30N4O4S2/c1-5-29-20(13-33-18-12-15(3)10-11-16(18)4)27-28-25(29)34-14-21(30)26-23-22(24(31)32-6-2)17-8-7-9-19(17)35-23/h10-12H,5-9,13-14H2,1-4H3,(H,26,30). The number of benzene rings is 1. The Labute approximate surface area is 213 Å². The number of aryl methyl sites for hydroxylation is 3. The number of thiophene rings is 1. The molecule has 2 heterocycles. The Hall–Kier alpha value is -2.85. The van der Waals surface area contributed by atoms with Gasteiger partial charge in [-0.15, -0.1) is 21.5 Å². The van der Waals surface area contributed by atoms with Gasteiger partial charge in [0.05, 0.1) is 17.9 Å². The van der Waals surface area contributed by atoms with Crippen LogP contribution in [0.3, 0.4) is 0 Å². The Bertz CT molecular complexity index is 1230. The highest BCUT2D eigenvalue weighted by molar-refractivity contribution is 7.99. The lowest BCUT2D eigenvalue weighted by Crippen LogP contribution is -2.17. The van der Waals surface area contributed by atoms with Crippen molar-refractivity contribution in [3.63, 3.8) is 0 Å². The SMILES string of the molecule is CCOC(=O)c1c(NC(=O)CSc2nnc(COc3cc(C)ccc3C)n2CC)sc2c1CCC2. The number of amides is 1. The molecule has 1 aliphatic rings. The molecule has 1 aliphatic carbocycles. The Kier molecular flexibility index (Phi) is 8.12. The smallest absolute Gasteiger partial charge is 0.341 e. The molecule has 0 atom stereocenters. The first-order chi connectivity index (χ1) is 16.9. The molecule has 0 saturated heterocycles. The van der Waals surface area contributed by atoms with Crippen LogP contribution in [0.2, 0.25) is 0 Å². The van der Waals surface area contributed by atoms with Crippen LogP contribution >= 0.6 is 23.1 Å². The lowest BCUT2D eigenvalue weighted by atomic mass is 10.1. The molecule has 0 aliphatic heterocycles. The highest BCUT2D eigenvalue weighted by atomic mass is 32.2. The van der Waals surface area contributed by atoms with Crippen LogP contribution in [-0.2, 0) is 35.5 Å². The quantitative estimate of drug-likeness (QED) is 0.302. The molecule has 0 spiro atoms. The Morgan fingerprint density at radius 3 is 2.80 bits per heavy atom. The normalized spacial score (nSPS) is 12.5. The number of nitrogens with one attached hydrogen (secondary N) is 1. The number of carbonyl (C=O) groups excluding carboxylic acids is 2. The van der Waals surface area contributed by atoms with Crippen LogP contribution in [0.1, 0.15) is 58.0 Å². The van der Waals surface area contributed by atoms with Gasteiger partial charge in [-0.2, -0.15) is 0 Å². The third-order valence-electron chi connectivity index (χ3n) is 5.80. The minimum absolute atomic E-state index is 0.154. The van der Waals surface area contributed by atoms with E-state index in [0.29, 0.717) is 41.3 Å². The van der Waals surface area contributed by atoms with E-state index in [0.717, 1.165) is 46.6 Å². The molecule has 0 fully saturated rings. The van der Waals surface area contributed by atoms with E-state index in [2.05, 4.69) is 21.6 Å². The number of anilines is 1. The minimum Gasteiger partial charge on any atom is -0.485 e. The number of esters is 1. The Morgan fingerprint density at radius 1 is 1.20 bits per heavy atom. The summed E-state index contributed by atoms with van der Waals surface area (Å²) >= 11 is 2.79. The maximum Gasteiger partial charge on any atom is 0.341 e.